The van der Waals surface area contributed by atoms with Crippen molar-refractivity contribution in [3.05, 3.63) is 88.2 Å². The third kappa shape index (κ3) is 4.25. The van der Waals surface area contributed by atoms with Crippen LogP contribution >= 0.6 is 0 Å². The Hall–Kier alpha value is -3.78. The lowest BCUT2D eigenvalue weighted by molar-refractivity contribution is -0.384. The van der Waals surface area contributed by atoms with Crippen molar-refractivity contribution in [1.29, 1.82) is 0 Å². The highest BCUT2D eigenvalue weighted by atomic mass is 16.6. The number of hydrogen-bond donors (Lipinski definition) is 2. The summed E-state index contributed by atoms with van der Waals surface area (Å²) in [6.45, 7) is 0. The summed E-state index contributed by atoms with van der Waals surface area (Å²) in [7, 11) is 0. The second kappa shape index (κ2) is 8.07. The van der Waals surface area contributed by atoms with E-state index in [4.69, 9.17) is 4.42 Å². The number of amides is 1. The number of benzene rings is 2. The number of aliphatic hydroxyl groups excluding tert-OH is 1. The molecule has 2 N–H and O–H groups in total. The van der Waals surface area contributed by atoms with E-state index in [-0.39, 0.29) is 11.4 Å². The fourth-order valence-electron chi connectivity index (χ4n) is 2.42. The van der Waals surface area contributed by atoms with E-state index in [2.05, 4.69) is 10.5 Å². The van der Waals surface area contributed by atoms with Crippen molar-refractivity contribution in [3.63, 3.8) is 0 Å². The number of para-hydroxylation sites is 1. The van der Waals surface area contributed by atoms with Crippen molar-refractivity contribution < 1.29 is 19.2 Å². The third-order valence-electron chi connectivity index (χ3n) is 3.72. The zero-order chi connectivity index (χ0) is 19.2. The van der Waals surface area contributed by atoms with Crippen LogP contribution in [0.2, 0.25) is 0 Å². The monoisotopic (exact) mass is 365 g/mol. The minimum Gasteiger partial charge on any atom is -0.455 e. The molecule has 0 radical (unpaired) electrons. The van der Waals surface area contributed by atoms with Crippen molar-refractivity contribution >= 4 is 17.8 Å². The van der Waals surface area contributed by atoms with Gasteiger partial charge in [-0.3, -0.25) is 14.9 Å². The van der Waals surface area contributed by atoms with Gasteiger partial charge in [0.1, 0.15) is 11.5 Å². The largest absolute Gasteiger partial charge is 0.455 e. The molecule has 3 aromatic rings. The van der Waals surface area contributed by atoms with Crippen molar-refractivity contribution in [2.45, 2.75) is 6.10 Å². The molecule has 136 valence electrons. The van der Waals surface area contributed by atoms with Crippen LogP contribution in [-0.4, -0.2) is 22.2 Å². The minimum absolute atomic E-state index is 0.0744. The second-order valence-electron chi connectivity index (χ2n) is 5.52. The van der Waals surface area contributed by atoms with Crippen LogP contribution in [0.4, 0.5) is 5.69 Å². The summed E-state index contributed by atoms with van der Waals surface area (Å²) in [5, 5.41) is 24.8. The molecule has 0 saturated carbocycles. The van der Waals surface area contributed by atoms with Gasteiger partial charge in [-0.2, -0.15) is 5.10 Å². The molecule has 1 heterocycles. The zero-order valence-corrected chi connectivity index (χ0v) is 14.0. The molecular formula is C19H15N3O5. The molecule has 0 aliphatic rings. The average molecular weight is 365 g/mol. The number of furan rings is 1. The number of nitrogens with one attached hydrogen (secondary N) is 1. The topological polar surface area (TPSA) is 118 Å². The molecule has 1 aromatic heterocycles. The first-order chi connectivity index (χ1) is 13.1. The molecule has 2 aromatic carbocycles. The Morgan fingerprint density at radius 3 is 2.56 bits per heavy atom. The molecular weight excluding hydrogens is 350 g/mol. The maximum atomic E-state index is 11.9. The van der Waals surface area contributed by atoms with Crippen LogP contribution in [-0.2, 0) is 4.79 Å². The number of hydrogen-bond acceptors (Lipinski definition) is 6. The van der Waals surface area contributed by atoms with Gasteiger partial charge in [-0.15, -0.1) is 0 Å². The van der Waals surface area contributed by atoms with Crippen LogP contribution in [0.3, 0.4) is 0 Å². The lowest BCUT2D eigenvalue weighted by Crippen LogP contribution is -2.25. The fourth-order valence-corrected chi connectivity index (χ4v) is 2.42. The van der Waals surface area contributed by atoms with Crippen molar-refractivity contribution in [3.8, 4) is 11.3 Å². The molecule has 3 rings (SSSR count). The Labute approximate surface area is 153 Å². The van der Waals surface area contributed by atoms with Crippen LogP contribution in [0.5, 0.6) is 0 Å². The zero-order valence-electron chi connectivity index (χ0n) is 14.0. The predicted molar refractivity (Wildman–Crippen MR) is 97.9 cm³/mol. The van der Waals surface area contributed by atoms with Crippen LogP contribution in [0.25, 0.3) is 11.3 Å². The summed E-state index contributed by atoms with van der Waals surface area (Å²) in [6, 6.07) is 17.8. The van der Waals surface area contributed by atoms with Gasteiger partial charge in [0.05, 0.1) is 16.7 Å². The fraction of sp³-hybridized carbons (Fsp3) is 0.0526. The number of hydrazone groups is 1. The molecule has 0 bridgehead atoms. The van der Waals surface area contributed by atoms with Crippen LogP contribution in [0, 0.1) is 10.1 Å². The Kier molecular flexibility index (Phi) is 5.38. The highest BCUT2D eigenvalue weighted by molar-refractivity contribution is 5.84. The Morgan fingerprint density at radius 2 is 1.81 bits per heavy atom. The van der Waals surface area contributed by atoms with E-state index < -0.39 is 16.9 Å². The van der Waals surface area contributed by atoms with Crippen LogP contribution < -0.4 is 5.43 Å². The number of rotatable bonds is 6. The highest BCUT2D eigenvalue weighted by Crippen LogP contribution is 2.30. The van der Waals surface area contributed by atoms with Crippen molar-refractivity contribution in [2.75, 3.05) is 0 Å². The maximum absolute atomic E-state index is 11.9. The smallest absolute Gasteiger partial charge is 0.280 e. The molecule has 0 saturated heterocycles. The Balaban J connectivity index is 1.68. The minimum atomic E-state index is -1.34. The number of nitro benzene ring substituents is 1. The third-order valence-corrected chi connectivity index (χ3v) is 3.72. The van der Waals surface area contributed by atoms with Gasteiger partial charge in [0.15, 0.2) is 6.10 Å². The Bertz CT molecular complexity index is 982. The molecule has 0 fully saturated rings. The lowest BCUT2D eigenvalue weighted by atomic mass is 10.1. The first kappa shape index (κ1) is 18.0. The molecule has 0 spiro atoms. The van der Waals surface area contributed by atoms with Crippen LogP contribution in [0.1, 0.15) is 17.4 Å². The molecule has 0 aliphatic carbocycles. The maximum Gasteiger partial charge on any atom is 0.280 e. The molecule has 8 heteroatoms. The van der Waals surface area contributed by atoms with E-state index in [1.165, 1.54) is 12.3 Å². The van der Waals surface area contributed by atoms with Gasteiger partial charge in [0.25, 0.3) is 11.6 Å². The summed E-state index contributed by atoms with van der Waals surface area (Å²) in [4.78, 5) is 22.5. The predicted octanol–water partition coefficient (Wildman–Crippen LogP) is 3.04. The lowest BCUT2D eigenvalue weighted by Gasteiger charge is -2.08. The Morgan fingerprint density at radius 1 is 1.11 bits per heavy atom. The number of nitrogens with zero attached hydrogens (tertiary/aromatic N) is 2. The highest BCUT2D eigenvalue weighted by Gasteiger charge is 2.17. The van der Waals surface area contributed by atoms with Gasteiger partial charge in [-0.1, -0.05) is 42.5 Å². The van der Waals surface area contributed by atoms with E-state index >= 15 is 0 Å². The number of carbonyl (C=O) groups excluding carboxylic acids is 1. The van der Waals surface area contributed by atoms with E-state index in [0.717, 1.165) is 0 Å². The van der Waals surface area contributed by atoms with Gasteiger partial charge in [-0.05, 0) is 23.8 Å². The van der Waals surface area contributed by atoms with E-state index in [1.54, 1.807) is 60.7 Å². The SMILES string of the molecule is O=C(N/N=C\c1ccc(-c2ccccc2[N+](=O)[O-])o1)[C@H](O)c1ccccc1. The number of aliphatic hydroxyl groups is 1. The first-order valence-electron chi connectivity index (χ1n) is 7.96. The van der Waals surface area contributed by atoms with Gasteiger partial charge in [0.2, 0.25) is 0 Å². The normalized spacial score (nSPS) is 12.0. The standard InChI is InChI=1S/C19H15N3O5/c23-18(13-6-2-1-3-7-13)19(24)21-20-12-14-10-11-17(27-14)15-8-4-5-9-16(15)22(25)26/h1-12,18,23H,(H,21,24)/b20-12-/t18-/m1/s1. The van der Waals surface area contributed by atoms with Crippen molar-refractivity contribution in [2.24, 2.45) is 5.10 Å². The second-order valence-corrected chi connectivity index (χ2v) is 5.52. The van der Waals surface area contributed by atoms with Crippen molar-refractivity contribution in [1.82, 2.24) is 5.43 Å². The summed E-state index contributed by atoms with van der Waals surface area (Å²) in [5.74, 6) is -0.0972. The first-order valence-corrected chi connectivity index (χ1v) is 7.96. The van der Waals surface area contributed by atoms with Gasteiger partial charge in [0, 0.05) is 6.07 Å². The van der Waals surface area contributed by atoms with Crippen LogP contribution in [0.15, 0.2) is 76.2 Å². The molecule has 0 aliphatic heterocycles. The number of carbonyl (C=O) groups is 1. The van der Waals surface area contributed by atoms with E-state index in [1.807, 2.05) is 0 Å². The molecule has 0 unspecified atom stereocenters. The molecule has 1 atom stereocenters. The molecule has 27 heavy (non-hydrogen) atoms. The summed E-state index contributed by atoms with van der Waals surface area (Å²) in [5.41, 5.74) is 2.93. The average Bonchev–Trinajstić information content (AvgIpc) is 3.16. The molecule has 8 nitrogen and oxygen atoms in total. The van der Waals surface area contributed by atoms with E-state index in [0.29, 0.717) is 16.9 Å². The summed E-state index contributed by atoms with van der Waals surface area (Å²) in [6.07, 6.45) is -0.101. The quantitative estimate of drug-likeness (QED) is 0.395. The van der Waals surface area contributed by atoms with Gasteiger partial charge in [-0.25, -0.2) is 5.43 Å². The van der Waals surface area contributed by atoms with Gasteiger partial charge < -0.3 is 9.52 Å². The van der Waals surface area contributed by atoms with E-state index in [9.17, 15) is 20.0 Å². The summed E-state index contributed by atoms with van der Waals surface area (Å²) >= 11 is 0. The molecule has 1 amide bonds. The summed E-state index contributed by atoms with van der Waals surface area (Å²) < 4.78 is 5.52. The van der Waals surface area contributed by atoms with Gasteiger partial charge >= 0.3 is 0 Å². The number of nitro groups is 1.